The molecule has 1 heterocycles. The summed E-state index contributed by atoms with van der Waals surface area (Å²) in [5, 5.41) is 0. The van der Waals surface area contributed by atoms with Gasteiger partial charge in [0.05, 0.1) is 17.1 Å². The first-order valence-corrected chi connectivity index (χ1v) is 25.4. The number of fused-ring (bicyclic) bond motifs is 9. The number of rotatable bonds is 8. The largest absolute Gasteiger partial charge is 0.333 e. The zero-order chi connectivity index (χ0) is 48.0. The fraction of sp³-hybridized carbons (Fsp3) is 0.0857. The lowest BCUT2D eigenvalue weighted by molar-refractivity contribution is 0.660. The molecule has 3 aliphatic carbocycles. The molecule has 72 heavy (non-hydrogen) atoms. The van der Waals surface area contributed by atoms with Crippen molar-refractivity contribution in [2.45, 2.75) is 36.6 Å². The van der Waals surface area contributed by atoms with Crippen molar-refractivity contribution >= 4 is 28.4 Å². The molecule has 0 radical (unpaired) electrons. The van der Waals surface area contributed by atoms with Gasteiger partial charge in [0.25, 0.3) is 0 Å². The topological polar surface area (TPSA) is 6.48 Å². The van der Waals surface area contributed by atoms with Gasteiger partial charge in [-0.15, -0.1) is 0 Å². The summed E-state index contributed by atoms with van der Waals surface area (Å²) in [6, 6.07) is 91.1. The molecule has 10 aromatic rings. The Morgan fingerprint density at radius 1 is 0.403 bits per heavy atom. The fourth-order valence-corrected chi connectivity index (χ4v) is 13.1. The first-order valence-electron chi connectivity index (χ1n) is 25.4. The predicted octanol–water partition coefficient (Wildman–Crippen LogP) is 17.9. The Hall–Kier alpha value is -8.72. The lowest BCUT2D eigenvalue weighted by Gasteiger charge is -2.35. The van der Waals surface area contributed by atoms with Crippen LogP contribution < -0.4 is 9.80 Å². The molecule has 10 aromatic carbocycles. The smallest absolute Gasteiger partial charge is 0.0714 e. The molecule has 4 aliphatic rings. The van der Waals surface area contributed by atoms with Crippen molar-refractivity contribution in [2.24, 2.45) is 0 Å². The van der Waals surface area contributed by atoms with E-state index in [2.05, 4.69) is 291 Å². The van der Waals surface area contributed by atoms with E-state index in [0.717, 1.165) is 17.1 Å². The first-order chi connectivity index (χ1) is 35.5. The van der Waals surface area contributed by atoms with E-state index >= 15 is 0 Å². The van der Waals surface area contributed by atoms with Gasteiger partial charge in [-0.2, -0.15) is 0 Å². The molecular formula is C70H52N2. The summed E-state index contributed by atoms with van der Waals surface area (Å²) in [5.74, 6) is 0.336. The Morgan fingerprint density at radius 3 is 1.71 bits per heavy atom. The van der Waals surface area contributed by atoms with Crippen LogP contribution in [0.1, 0.15) is 58.7 Å². The number of benzene rings is 10. The number of hydrogen-bond acceptors (Lipinski definition) is 2. The van der Waals surface area contributed by atoms with E-state index in [0.29, 0.717) is 5.92 Å². The molecule has 0 saturated carbocycles. The van der Waals surface area contributed by atoms with Crippen LogP contribution in [0.3, 0.4) is 0 Å². The molecule has 0 spiro atoms. The molecule has 0 amide bonds. The molecule has 0 aromatic heterocycles. The summed E-state index contributed by atoms with van der Waals surface area (Å²) in [5.41, 5.74) is 24.2. The van der Waals surface area contributed by atoms with E-state index < -0.39 is 5.41 Å². The highest BCUT2D eigenvalue weighted by molar-refractivity contribution is 5.98. The molecule has 342 valence electrons. The molecule has 2 nitrogen and oxygen atoms in total. The van der Waals surface area contributed by atoms with Crippen LogP contribution in [0.25, 0.3) is 44.5 Å². The van der Waals surface area contributed by atoms with Crippen molar-refractivity contribution < 1.29 is 0 Å². The summed E-state index contributed by atoms with van der Waals surface area (Å²) in [4.78, 5) is 5.04. The minimum Gasteiger partial charge on any atom is -0.333 e. The Bertz CT molecular complexity index is 3750. The highest BCUT2D eigenvalue weighted by Crippen LogP contribution is 2.60. The Morgan fingerprint density at radius 2 is 0.958 bits per heavy atom. The third kappa shape index (κ3) is 6.22. The van der Waals surface area contributed by atoms with Gasteiger partial charge in [0.2, 0.25) is 0 Å². The second-order valence-electron chi connectivity index (χ2n) is 20.3. The van der Waals surface area contributed by atoms with Crippen LogP contribution in [0.4, 0.5) is 28.4 Å². The lowest BCUT2D eigenvalue weighted by Crippen LogP contribution is -2.28. The molecule has 14 rings (SSSR count). The lowest BCUT2D eigenvalue weighted by atomic mass is 9.67. The maximum Gasteiger partial charge on any atom is 0.0714 e. The fourth-order valence-electron chi connectivity index (χ4n) is 13.1. The van der Waals surface area contributed by atoms with Crippen LogP contribution in [-0.4, -0.2) is 6.04 Å². The highest BCUT2D eigenvalue weighted by Gasteiger charge is 2.48. The zero-order valence-electron chi connectivity index (χ0n) is 40.5. The number of anilines is 5. The number of hydrogen-bond donors (Lipinski definition) is 0. The van der Waals surface area contributed by atoms with Gasteiger partial charge >= 0.3 is 0 Å². The van der Waals surface area contributed by atoms with Gasteiger partial charge in [-0.05, 0) is 126 Å². The van der Waals surface area contributed by atoms with E-state index in [1.807, 2.05) is 0 Å². The number of para-hydroxylation sites is 2. The summed E-state index contributed by atoms with van der Waals surface area (Å²) < 4.78 is 0. The van der Waals surface area contributed by atoms with E-state index in [9.17, 15) is 0 Å². The van der Waals surface area contributed by atoms with Crippen LogP contribution in [0.15, 0.2) is 267 Å². The van der Waals surface area contributed by atoms with Gasteiger partial charge in [-0.25, -0.2) is 0 Å². The van der Waals surface area contributed by atoms with Crippen molar-refractivity contribution in [1.82, 2.24) is 0 Å². The Kier molecular flexibility index (Phi) is 9.63. The summed E-state index contributed by atoms with van der Waals surface area (Å²) in [6.07, 6.45) is 9.10. The second-order valence-corrected chi connectivity index (χ2v) is 20.3. The maximum absolute atomic E-state index is 2.52. The van der Waals surface area contributed by atoms with Crippen molar-refractivity contribution in [3.05, 3.63) is 306 Å². The van der Waals surface area contributed by atoms with Crippen LogP contribution in [0.2, 0.25) is 0 Å². The third-order valence-electron chi connectivity index (χ3n) is 16.3. The Balaban J connectivity index is 0.989. The van der Waals surface area contributed by atoms with Crippen molar-refractivity contribution in [3.63, 3.8) is 0 Å². The normalized spacial score (nSPS) is 16.8. The minimum atomic E-state index is -0.625. The zero-order valence-corrected chi connectivity index (χ0v) is 40.5. The van der Waals surface area contributed by atoms with E-state index in [4.69, 9.17) is 0 Å². The SMILES string of the molecule is CC1(C)c2ccccc2-c2ccc(N(c3ccc4c(c3)C(c3ccccc3)(c3ccccc3)c3cccc(-c5ccc(N6c7ccccc7C7C=CC=CC76)cc5)c3-4)c3ccccc3-c3ccccc3)cc21. The number of nitrogens with zero attached hydrogens (tertiary/aromatic N) is 2. The van der Waals surface area contributed by atoms with Gasteiger partial charge < -0.3 is 9.80 Å². The third-order valence-corrected chi connectivity index (χ3v) is 16.3. The molecule has 0 saturated heterocycles. The Labute approximate surface area is 423 Å². The summed E-state index contributed by atoms with van der Waals surface area (Å²) in [7, 11) is 0. The van der Waals surface area contributed by atoms with Crippen molar-refractivity contribution in [2.75, 3.05) is 9.80 Å². The average molecular weight is 921 g/mol. The highest BCUT2D eigenvalue weighted by atomic mass is 15.2. The summed E-state index contributed by atoms with van der Waals surface area (Å²) in [6.45, 7) is 4.75. The van der Waals surface area contributed by atoms with Crippen molar-refractivity contribution in [1.29, 1.82) is 0 Å². The van der Waals surface area contributed by atoms with E-state index in [1.54, 1.807) is 0 Å². The quantitative estimate of drug-likeness (QED) is 0.150. The minimum absolute atomic E-state index is 0.165. The van der Waals surface area contributed by atoms with Crippen molar-refractivity contribution in [3.8, 4) is 44.5 Å². The number of allylic oxidation sites excluding steroid dienone is 2. The predicted molar refractivity (Wildman–Crippen MR) is 300 cm³/mol. The van der Waals surface area contributed by atoms with Crippen LogP contribution in [-0.2, 0) is 10.8 Å². The molecule has 2 heteroatoms. The molecule has 0 bridgehead atoms. The molecule has 2 unspecified atom stereocenters. The summed E-state index contributed by atoms with van der Waals surface area (Å²) >= 11 is 0. The van der Waals surface area contributed by atoms with E-state index in [-0.39, 0.29) is 11.5 Å². The monoisotopic (exact) mass is 920 g/mol. The van der Waals surface area contributed by atoms with Gasteiger partial charge in [-0.1, -0.05) is 232 Å². The maximum atomic E-state index is 2.52. The van der Waals surface area contributed by atoms with Gasteiger partial charge in [0.15, 0.2) is 0 Å². The average Bonchev–Trinajstić information content (AvgIpc) is 4.03. The standard InChI is InChI=1S/C70H52N2/c1-69(2)61-32-16-12-28-56(61)57-43-41-52(45-63(57)69)71(65-34-17-13-27-54(65)47-21-6-3-7-22-47)53-42-44-60-64(46-53)70(49-23-8-4-9-24-49,50-25-10-5-11-26-50)62-33-20-31-55(68(60)62)48-37-39-51(40-38-48)72-66-35-18-14-29-58(66)59-30-15-19-36-67(59)72/h3-46,58,66H,1-2H3. The first kappa shape index (κ1) is 42.2. The molecule has 2 atom stereocenters. The van der Waals surface area contributed by atoms with Gasteiger partial charge in [0, 0.05) is 39.6 Å². The van der Waals surface area contributed by atoms with Crippen LogP contribution in [0, 0.1) is 0 Å². The second kappa shape index (κ2) is 16.4. The molecule has 1 aliphatic heterocycles. The van der Waals surface area contributed by atoms with Gasteiger partial charge in [-0.3, -0.25) is 0 Å². The molecule has 0 fully saturated rings. The van der Waals surface area contributed by atoms with Crippen LogP contribution in [0.5, 0.6) is 0 Å². The molecule has 0 N–H and O–H groups in total. The molecular weight excluding hydrogens is 869 g/mol. The van der Waals surface area contributed by atoms with Crippen LogP contribution >= 0.6 is 0 Å². The van der Waals surface area contributed by atoms with Gasteiger partial charge in [0.1, 0.15) is 0 Å². The van der Waals surface area contributed by atoms with E-state index in [1.165, 1.54) is 94.8 Å².